The summed E-state index contributed by atoms with van der Waals surface area (Å²) in [4.78, 5) is 27.5. The van der Waals surface area contributed by atoms with E-state index in [-0.39, 0.29) is 11.9 Å². The zero-order chi connectivity index (χ0) is 14.5. The van der Waals surface area contributed by atoms with Gasteiger partial charge in [-0.25, -0.2) is 4.79 Å². The second-order valence-corrected chi connectivity index (χ2v) is 5.00. The van der Waals surface area contributed by atoms with Crippen molar-refractivity contribution >= 4 is 23.5 Å². The highest BCUT2D eigenvalue weighted by molar-refractivity contribution is 6.33. The lowest BCUT2D eigenvalue weighted by Gasteiger charge is -2.34. The Morgan fingerprint density at radius 1 is 1.15 bits per heavy atom. The molecule has 1 N–H and O–H groups in total. The maximum Gasteiger partial charge on any atom is 0.317 e. The molecule has 1 saturated heterocycles. The second-order valence-electron chi connectivity index (χ2n) is 4.59. The van der Waals surface area contributed by atoms with Crippen molar-refractivity contribution < 1.29 is 9.59 Å². The van der Waals surface area contributed by atoms with E-state index >= 15 is 0 Å². The summed E-state index contributed by atoms with van der Waals surface area (Å²) in [5, 5.41) is 3.22. The fourth-order valence-corrected chi connectivity index (χ4v) is 2.40. The molecular formula is C14H18ClN3O2. The molecule has 0 spiro atoms. The Balaban J connectivity index is 1.96. The third-order valence-electron chi connectivity index (χ3n) is 3.29. The number of nitrogens with one attached hydrogen (secondary N) is 1. The monoisotopic (exact) mass is 295 g/mol. The minimum atomic E-state index is -0.0776. The zero-order valence-corrected chi connectivity index (χ0v) is 12.2. The summed E-state index contributed by atoms with van der Waals surface area (Å²) in [7, 11) is 0. The van der Waals surface area contributed by atoms with E-state index in [1.54, 1.807) is 34.1 Å². The summed E-state index contributed by atoms with van der Waals surface area (Å²) in [5.41, 5.74) is 0.514. The van der Waals surface area contributed by atoms with Crippen molar-refractivity contribution in [2.45, 2.75) is 6.92 Å². The van der Waals surface area contributed by atoms with Crippen LogP contribution in [-0.2, 0) is 0 Å². The van der Waals surface area contributed by atoms with Crippen LogP contribution in [0.1, 0.15) is 17.3 Å². The van der Waals surface area contributed by atoms with E-state index in [1.807, 2.05) is 6.92 Å². The molecule has 3 amide bonds. The maximum absolute atomic E-state index is 12.3. The number of nitrogens with zero attached hydrogens (tertiary/aromatic N) is 2. The molecule has 0 radical (unpaired) electrons. The number of carbonyl (C=O) groups excluding carboxylic acids is 2. The first-order valence-corrected chi connectivity index (χ1v) is 7.08. The topological polar surface area (TPSA) is 52.7 Å². The smallest absolute Gasteiger partial charge is 0.317 e. The van der Waals surface area contributed by atoms with Gasteiger partial charge < -0.3 is 15.1 Å². The summed E-state index contributed by atoms with van der Waals surface area (Å²) in [6, 6.07) is 6.95. The third-order valence-corrected chi connectivity index (χ3v) is 3.62. The molecule has 5 nitrogen and oxygen atoms in total. The van der Waals surface area contributed by atoms with Gasteiger partial charge >= 0.3 is 6.03 Å². The molecule has 0 aromatic heterocycles. The van der Waals surface area contributed by atoms with E-state index in [0.717, 1.165) is 0 Å². The van der Waals surface area contributed by atoms with Gasteiger partial charge in [0.15, 0.2) is 0 Å². The van der Waals surface area contributed by atoms with Gasteiger partial charge in [0.2, 0.25) is 0 Å². The Bertz CT molecular complexity index is 499. The number of piperazine rings is 1. The first-order valence-electron chi connectivity index (χ1n) is 6.70. The lowest BCUT2D eigenvalue weighted by Crippen LogP contribution is -2.53. The number of carbonyl (C=O) groups is 2. The van der Waals surface area contributed by atoms with Crippen molar-refractivity contribution in [1.82, 2.24) is 15.1 Å². The SMILES string of the molecule is CCNC(=O)N1CCN(C(=O)c2ccccc2Cl)CC1. The minimum Gasteiger partial charge on any atom is -0.338 e. The van der Waals surface area contributed by atoms with Crippen molar-refractivity contribution in [3.63, 3.8) is 0 Å². The van der Waals surface area contributed by atoms with Gasteiger partial charge in [0.1, 0.15) is 0 Å². The molecule has 1 heterocycles. The molecule has 108 valence electrons. The number of amides is 3. The van der Waals surface area contributed by atoms with Crippen molar-refractivity contribution in [3.8, 4) is 0 Å². The molecule has 0 unspecified atom stereocenters. The standard InChI is InChI=1S/C14H18ClN3O2/c1-2-16-14(20)18-9-7-17(8-10-18)13(19)11-5-3-4-6-12(11)15/h3-6H,2,7-10H2,1H3,(H,16,20). The molecule has 20 heavy (non-hydrogen) atoms. The second kappa shape index (κ2) is 6.61. The van der Waals surface area contributed by atoms with Crippen LogP contribution >= 0.6 is 11.6 Å². The Hall–Kier alpha value is -1.75. The molecule has 6 heteroatoms. The van der Waals surface area contributed by atoms with Gasteiger partial charge in [0.05, 0.1) is 10.6 Å². The Kier molecular flexibility index (Phi) is 4.84. The number of hydrogen-bond donors (Lipinski definition) is 1. The normalized spacial score (nSPS) is 15.1. The van der Waals surface area contributed by atoms with Gasteiger partial charge in [-0.1, -0.05) is 23.7 Å². The quantitative estimate of drug-likeness (QED) is 0.905. The van der Waals surface area contributed by atoms with E-state index in [2.05, 4.69) is 5.32 Å². The molecule has 1 aliphatic rings. The van der Waals surface area contributed by atoms with Gasteiger partial charge in [0, 0.05) is 32.7 Å². The van der Waals surface area contributed by atoms with Crippen LogP contribution < -0.4 is 5.32 Å². The highest BCUT2D eigenvalue weighted by Crippen LogP contribution is 2.18. The van der Waals surface area contributed by atoms with E-state index < -0.39 is 0 Å². The van der Waals surface area contributed by atoms with E-state index in [0.29, 0.717) is 43.3 Å². The lowest BCUT2D eigenvalue weighted by molar-refractivity contribution is 0.0665. The van der Waals surface area contributed by atoms with Crippen LogP contribution in [0.5, 0.6) is 0 Å². The summed E-state index contributed by atoms with van der Waals surface area (Å²) >= 11 is 6.04. The number of hydrogen-bond acceptors (Lipinski definition) is 2. The number of halogens is 1. The van der Waals surface area contributed by atoms with Crippen LogP contribution in [-0.4, -0.2) is 54.5 Å². The molecule has 1 aliphatic heterocycles. The molecule has 1 aromatic carbocycles. The third kappa shape index (κ3) is 3.22. The summed E-state index contributed by atoms with van der Waals surface area (Å²) in [6.07, 6.45) is 0. The van der Waals surface area contributed by atoms with Crippen LogP contribution in [0.25, 0.3) is 0 Å². The number of benzene rings is 1. The van der Waals surface area contributed by atoms with Crippen molar-refractivity contribution in [1.29, 1.82) is 0 Å². The van der Waals surface area contributed by atoms with Crippen molar-refractivity contribution in [3.05, 3.63) is 34.9 Å². The minimum absolute atomic E-state index is 0.0719. The van der Waals surface area contributed by atoms with Crippen molar-refractivity contribution in [2.24, 2.45) is 0 Å². The van der Waals surface area contributed by atoms with E-state index in [1.165, 1.54) is 0 Å². The van der Waals surface area contributed by atoms with Crippen LogP contribution in [0.3, 0.4) is 0 Å². The van der Waals surface area contributed by atoms with Crippen LogP contribution in [0, 0.1) is 0 Å². The molecule has 0 bridgehead atoms. The van der Waals surface area contributed by atoms with Crippen LogP contribution in [0.15, 0.2) is 24.3 Å². The zero-order valence-electron chi connectivity index (χ0n) is 11.4. The summed E-state index contributed by atoms with van der Waals surface area (Å²) in [6.45, 7) is 4.64. The Labute approximate surface area is 123 Å². The van der Waals surface area contributed by atoms with E-state index in [4.69, 9.17) is 11.6 Å². The highest BCUT2D eigenvalue weighted by atomic mass is 35.5. The molecule has 0 atom stereocenters. The van der Waals surface area contributed by atoms with E-state index in [9.17, 15) is 9.59 Å². The molecule has 0 aliphatic carbocycles. The highest BCUT2D eigenvalue weighted by Gasteiger charge is 2.25. The molecule has 0 saturated carbocycles. The Morgan fingerprint density at radius 3 is 2.35 bits per heavy atom. The summed E-state index contributed by atoms with van der Waals surface area (Å²) in [5.74, 6) is -0.0776. The first kappa shape index (κ1) is 14.7. The van der Waals surface area contributed by atoms with Crippen LogP contribution in [0.2, 0.25) is 5.02 Å². The van der Waals surface area contributed by atoms with Gasteiger partial charge in [-0.05, 0) is 19.1 Å². The maximum atomic E-state index is 12.3. The first-order chi connectivity index (χ1) is 9.63. The fraction of sp³-hybridized carbons (Fsp3) is 0.429. The molecular weight excluding hydrogens is 278 g/mol. The largest absolute Gasteiger partial charge is 0.338 e. The van der Waals surface area contributed by atoms with Crippen molar-refractivity contribution in [2.75, 3.05) is 32.7 Å². The van der Waals surface area contributed by atoms with Crippen LogP contribution in [0.4, 0.5) is 4.79 Å². The lowest BCUT2D eigenvalue weighted by atomic mass is 10.2. The average Bonchev–Trinajstić information content (AvgIpc) is 2.47. The fourth-order valence-electron chi connectivity index (χ4n) is 2.18. The number of rotatable bonds is 2. The molecule has 1 fully saturated rings. The molecule has 1 aromatic rings. The predicted octanol–water partition coefficient (Wildman–Crippen LogP) is 1.83. The van der Waals surface area contributed by atoms with Gasteiger partial charge in [-0.15, -0.1) is 0 Å². The average molecular weight is 296 g/mol. The van der Waals surface area contributed by atoms with Gasteiger partial charge in [0.25, 0.3) is 5.91 Å². The Morgan fingerprint density at radius 2 is 1.75 bits per heavy atom. The van der Waals surface area contributed by atoms with Gasteiger partial charge in [-0.3, -0.25) is 4.79 Å². The molecule has 2 rings (SSSR count). The predicted molar refractivity (Wildman–Crippen MR) is 78.0 cm³/mol. The number of urea groups is 1. The summed E-state index contributed by atoms with van der Waals surface area (Å²) < 4.78 is 0. The van der Waals surface area contributed by atoms with Gasteiger partial charge in [-0.2, -0.15) is 0 Å².